The largest absolute Gasteiger partial charge is 0.497 e. The Morgan fingerprint density at radius 2 is 1.62 bits per heavy atom. The van der Waals surface area contributed by atoms with Gasteiger partial charge in [-0.05, 0) is 70.4 Å². The van der Waals surface area contributed by atoms with Gasteiger partial charge >= 0.3 is 12.1 Å². The molecule has 8 nitrogen and oxygen atoms in total. The van der Waals surface area contributed by atoms with Crippen LogP contribution in [0.1, 0.15) is 50.8 Å². The predicted molar refractivity (Wildman–Crippen MR) is 126 cm³/mol. The smallest absolute Gasteiger partial charge is 0.425 e. The minimum atomic E-state index is -4.37. The van der Waals surface area contributed by atoms with Gasteiger partial charge in [-0.25, -0.2) is 13.2 Å². The van der Waals surface area contributed by atoms with Crippen LogP contribution in [0.25, 0.3) is 0 Å². The maximum Gasteiger partial charge on any atom is 0.425 e. The Kier molecular flexibility index (Phi) is 7.55. The zero-order chi connectivity index (χ0) is 25.1. The number of nitrogens with zero attached hydrogens (tertiary/aromatic N) is 1. The molecule has 0 radical (unpaired) electrons. The summed E-state index contributed by atoms with van der Waals surface area (Å²) >= 11 is 0. The summed E-state index contributed by atoms with van der Waals surface area (Å²) in [6.07, 6.45) is 0.420. The SMILES string of the molecule is COc1ccc([C@H](COC(=O)C2CC2)N(C(=O)OC(C)(C)C)S(=O)(=O)c2ccc(C)cc2)cc1. The van der Waals surface area contributed by atoms with Crippen molar-refractivity contribution >= 4 is 22.1 Å². The predicted octanol–water partition coefficient (Wildman–Crippen LogP) is 4.62. The molecule has 1 aliphatic carbocycles. The van der Waals surface area contributed by atoms with Crippen LogP contribution in [0.5, 0.6) is 5.75 Å². The number of sulfonamides is 1. The van der Waals surface area contributed by atoms with Crippen LogP contribution in [0.4, 0.5) is 4.79 Å². The highest BCUT2D eigenvalue weighted by molar-refractivity contribution is 7.89. The highest BCUT2D eigenvalue weighted by Gasteiger charge is 2.41. The van der Waals surface area contributed by atoms with Gasteiger partial charge in [-0.2, -0.15) is 4.31 Å². The topological polar surface area (TPSA) is 99.2 Å². The highest BCUT2D eigenvalue weighted by Crippen LogP contribution is 2.34. The van der Waals surface area contributed by atoms with Crippen molar-refractivity contribution in [2.45, 2.75) is 57.1 Å². The molecule has 0 aliphatic heterocycles. The van der Waals surface area contributed by atoms with Crippen molar-refractivity contribution in [3.8, 4) is 5.75 Å². The van der Waals surface area contributed by atoms with Gasteiger partial charge in [0.15, 0.2) is 0 Å². The summed E-state index contributed by atoms with van der Waals surface area (Å²) in [7, 11) is -2.86. The standard InChI is InChI=1S/C25H31NO7S/c1-17-6-14-21(15-7-17)34(29,30)26(24(28)33-25(2,3)4)22(16-32-23(27)19-8-9-19)18-10-12-20(31-5)13-11-18/h6-7,10-15,19,22H,8-9,16H2,1-5H3/t22-/m0/s1. The molecule has 3 rings (SSSR count). The molecule has 0 unspecified atom stereocenters. The fourth-order valence-corrected chi connectivity index (χ4v) is 4.71. The lowest BCUT2D eigenvalue weighted by molar-refractivity contribution is -0.146. The summed E-state index contributed by atoms with van der Waals surface area (Å²) < 4.78 is 44.3. The number of rotatable bonds is 8. The van der Waals surface area contributed by atoms with Gasteiger partial charge in [0.2, 0.25) is 0 Å². The lowest BCUT2D eigenvalue weighted by Crippen LogP contribution is -2.44. The summed E-state index contributed by atoms with van der Waals surface area (Å²) in [6.45, 7) is 6.44. The molecule has 1 fully saturated rings. The number of benzene rings is 2. The first kappa shape index (κ1) is 25.6. The number of esters is 1. The second kappa shape index (κ2) is 10.0. The van der Waals surface area contributed by atoms with Crippen LogP contribution in [0, 0.1) is 12.8 Å². The fraction of sp³-hybridized carbons (Fsp3) is 0.440. The van der Waals surface area contributed by atoms with Crippen molar-refractivity contribution in [2.24, 2.45) is 5.92 Å². The molecule has 184 valence electrons. The molecule has 0 bridgehead atoms. The van der Waals surface area contributed by atoms with E-state index in [4.69, 9.17) is 14.2 Å². The number of carbonyl (C=O) groups is 2. The molecule has 1 aliphatic rings. The molecular weight excluding hydrogens is 458 g/mol. The number of hydrogen-bond donors (Lipinski definition) is 0. The number of carbonyl (C=O) groups excluding carboxylic acids is 2. The van der Waals surface area contributed by atoms with Crippen LogP contribution in [0.3, 0.4) is 0 Å². The molecular formula is C25H31NO7S. The maximum atomic E-state index is 13.8. The summed E-state index contributed by atoms with van der Waals surface area (Å²) in [5.41, 5.74) is 0.367. The first-order valence-corrected chi connectivity index (χ1v) is 12.5. The average Bonchev–Trinajstić information content (AvgIpc) is 3.61. The summed E-state index contributed by atoms with van der Waals surface area (Å²) in [5, 5.41) is 0. The van der Waals surface area contributed by atoms with Crippen LogP contribution < -0.4 is 4.74 Å². The Morgan fingerprint density at radius 1 is 1.03 bits per heavy atom. The summed E-state index contributed by atoms with van der Waals surface area (Å²) in [6, 6.07) is 11.6. The summed E-state index contributed by atoms with van der Waals surface area (Å²) in [5.74, 6) is -0.0294. The van der Waals surface area contributed by atoms with E-state index in [1.165, 1.54) is 19.2 Å². The summed E-state index contributed by atoms with van der Waals surface area (Å²) in [4.78, 5) is 25.6. The highest BCUT2D eigenvalue weighted by atomic mass is 32.2. The van der Waals surface area contributed by atoms with E-state index in [9.17, 15) is 18.0 Å². The Bertz CT molecular complexity index is 1120. The fourth-order valence-electron chi connectivity index (χ4n) is 3.25. The molecule has 2 aromatic rings. The van der Waals surface area contributed by atoms with Gasteiger partial charge in [-0.15, -0.1) is 0 Å². The number of aryl methyl sites for hydroxylation is 1. The maximum absolute atomic E-state index is 13.8. The first-order chi connectivity index (χ1) is 15.9. The van der Waals surface area contributed by atoms with Crippen molar-refractivity contribution in [1.82, 2.24) is 4.31 Å². The molecule has 1 saturated carbocycles. The van der Waals surface area contributed by atoms with E-state index in [2.05, 4.69) is 0 Å². The average molecular weight is 490 g/mol. The van der Waals surface area contributed by atoms with E-state index < -0.39 is 33.7 Å². The lowest BCUT2D eigenvalue weighted by atomic mass is 10.1. The van der Waals surface area contributed by atoms with Crippen LogP contribution >= 0.6 is 0 Å². The van der Waals surface area contributed by atoms with Crippen LogP contribution in [0.15, 0.2) is 53.4 Å². The van der Waals surface area contributed by atoms with Crippen LogP contribution in [0.2, 0.25) is 0 Å². The van der Waals surface area contributed by atoms with E-state index in [0.717, 1.165) is 18.4 Å². The van der Waals surface area contributed by atoms with Crippen molar-refractivity contribution in [2.75, 3.05) is 13.7 Å². The monoisotopic (exact) mass is 489 g/mol. The first-order valence-electron chi connectivity index (χ1n) is 11.1. The Morgan fingerprint density at radius 3 is 2.12 bits per heavy atom. The van der Waals surface area contributed by atoms with Gasteiger partial charge in [0.05, 0.1) is 17.9 Å². The molecule has 0 aromatic heterocycles. The van der Waals surface area contributed by atoms with Crippen LogP contribution in [-0.2, 0) is 24.3 Å². The van der Waals surface area contributed by atoms with Crippen molar-refractivity contribution in [1.29, 1.82) is 0 Å². The molecule has 0 heterocycles. The van der Waals surface area contributed by atoms with E-state index in [1.807, 2.05) is 6.92 Å². The molecule has 0 saturated heterocycles. The molecule has 9 heteroatoms. The zero-order valence-electron chi connectivity index (χ0n) is 20.1. The Labute approximate surface area is 200 Å². The lowest BCUT2D eigenvalue weighted by Gasteiger charge is -2.33. The van der Waals surface area contributed by atoms with Crippen molar-refractivity contribution in [3.05, 3.63) is 59.7 Å². The second-order valence-electron chi connectivity index (χ2n) is 9.29. The number of methoxy groups -OCH3 is 1. The number of hydrogen-bond acceptors (Lipinski definition) is 7. The third kappa shape index (κ3) is 6.28. The van der Waals surface area contributed by atoms with Gasteiger partial charge in [-0.3, -0.25) is 4.79 Å². The van der Waals surface area contributed by atoms with Gasteiger partial charge in [0.1, 0.15) is 24.0 Å². The van der Waals surface area contributed by atoms with Crippen molar-refractivity contribution < 1.29 is 32.2 Å². The molecule has 1 atom stereocenters. The van der Waals surface area contributed by atoms with Gasteiger partial charge < -0.3 is 14.2 Å². The zero-order valence-corrected chi connectivity index (χ0v) is 20.9. The van der Waals surface area contributed by atoms with E-state index >= 15 is 0 Å². The third-order valence-electron chi connectivity index (χ3n) is 5.23. The number of ether oxygens (including phenoxy) is 3. The van der Waals surface area contributed by atoms with Crippen molar-refractivity contribution in [3.63, 3.8) is 0 Å². The van der Waals surface area contributed by atoms with Gasteiger partial charge in [-0.1, -0.05) is 29.8 Å². The van der Waals surface area contributed by atoms with E-state index in [-0.39, 0.29) is 17.4 Å². The molecule has 34 heavy (non-hydrogen) atoms. The van der Waals surface area contributed by atoms with Crippen LogP contribution in [-0.4, -0.2) is 44.1 Å². The normalized spacial score (nSPS) is 14.7. The molecule has 1 amide bonds. The molecule has 2 aromatic carbocycles. The minimum Gasteiger partial charge on any atom is -0.497 e. The number of amides is 1. The Balaban J connectivity index is 2.08. The Hall–Kier alpha value is -3.07. The molecule has 0 spiro atoms. The second-order valence-corrected chi connectivity index (χ2v) is 11.1. The molecule has 0 N–H and O–H groups in total. The van der Waals surface area contributed by atoms with Gasteiger partial charge in [0.25, 0.3) is 10.0 Å². The quantitative estimate of drug-likeness (QED) is 0.499. The third-order valence-corrected chi connectivity index (χ3v) is 7.02. The minimum absolute atomic E-state index is 0.0732. The van der Waals surface area contributed by atoms with E-state index in [0.29, 0.717) is 15.6 Å². The van der Waals surface area contributed by atoms with E-state index in [1.54, 1.807) is 57.2 Å². The van der Waals surface area contributed by atoms with Gasteiger partial charge in [0, 0.05) is 0 Å².